The van der Waals surface area contributed by atoms with Crippen LogP contribution < -0.4 is 10.4 Å². The SMILES string of the molecule is Cc1ccc(P(=O)(Nc2cc(-c3ccc(Cl)cc3)sc2C(=O)O)OCC2CCCC2)c(C)c1. The van der Waals surface area contributed by atoms with E-state index in [1.54, 1.807) is 18.2 Å². The number of hydrogen-bond donors (Lipinski definition) is 2. The van der Waals surface area contributed by atoms with E-state index in [2.05, 4.69) is 5.09 Å². The predicted molar refractivity (Wildman–Crippen MR) is 136 cm³/mol. The molecule has 1 atom stereocenters. The first kappa shape index (κ1) is 24.0. The van der Waals surface area contributed by atoms with E-state index in [9.17, 15) is 14.5 Å². The lowest BCUT2D eigenvalue weighted by molar-refractivity contribution is 0.0703. The van der Waals surface area contributed by atoms with Gasteiger partial charge < -0.3 is 14.7 Å². The molecule has 4 rings (SSSR count). The third-order valence-electron chi connectivity index (χ3n) is 5.96. The first-order valence-corrected chi connectivity index (χ1v) is 13.8. The summed E-state index contributed by atoms with van der Waals surface area (Å²) in [6, 6.07) is 14.6. The normalized spacial score (nSPS) is 16.0. The molecule has 1 fully saturated rings. The number of carboxylic acids is 1. The predicted octanol–water partition coefficient (Wildman–Crippen LogP) is 7.52. The second-order valence-electron chi connectivity index (χ2n) is 8.56. The van der Waals surface area contributed by atoms with E-state index in [1.165, 1.54) is 0 Å². The van der Waals surface area contributed by atoms with Gasteiger partial charge in [-0.15, -0.1) is 11.3 Å². The zero-order valence-electron chi connectivity index (χ0n) is 18.6. The monoisotopic (exact) mass is 503 g/mol. The standard InChI is InChI=1S/C25H27ClNO4PS/c1-16-7-12-22(17(2)13-16)32(30,31-15-18-5-3-4-6-18)27-21-14-23(33-24(21)25(28)29)19-8-10-20(26)11-9-19/h7-14,18H,3-6,15H2,1-2H3,(H,27,30)(H,28,29). The van der Waals surface area contributed by atoms with E-state index in [0.29, 0.717) is 28.5 Å². The van der Waals surface area contributed by atoms with Crippen LogP contribution in [0.3, 0.4) is 0 Å². The Bertz CT molecular complexity index is 1200. The zero-order chi connectivity index (χ0) is 23.6. The van der Waals surface area contributed by atoms with Gasteiger partial charge in [-0.1, -0.05) is 54.3 Å². The number of aryl methyl sites for hydroxylation is 2. The molecule has 33 heavy (non-hydrogen) atoms. The number of carbonyl (C=O) groups is 1. The first-order chi connectivity index (χ1) is 15.7. The Kier molecular flexibility index (Phi) is 7.30. The molecular formula is C25H27ClNO4PS. The molecular weight excluding hydrogens is 477 g/mol. The van der Waals surface area contributed by atoms with Crippen LogP contribution in [0, 0.1) is 19.8 Å². The Morgan fingerprint density at radius 3 is 2.48 bits per heavy atom. The molecule has 3 aromatic rings. The molecule has 1 aromatic heterocycles. The third-order valence-corrected chi connectivity index (χ3v) is 9.57. The van der Waals surface area contributed by atoms with Crippen LogP contribution in [0.2, 0.25) is 5.02 Å². The smallest absolute Gasteiger partial charge is 0.348 e. The summed E-state index contributed by atoms with van der Waals surface area (Å²) in [6.45, 7) is 4.27. The number of carboxylic acid groups (broad SMARTS) is 1. The fourth-order valence-corrected chi connectivity index (χ4v) is 7.43. The van der Waals surface area contributed by atoms with Gasteiger partial charge in [0.05, 0.1) is 17.6 Å². The van der Waals surface area contributed by atoms with Crippen molar-refractivity contribution in [3.63, 3.8) is 0 Å². The van der Waals surface area contributed by atoms with Crippen molar-refractivity contribution in [2.24, 2.45) is 5.92 Å². The van der Waals surface area contributed by atoms with E-state index in [1.807, 2.05) is 44.2 Å². The molecule has 1 heterocycles. The fourth-order valence-electron chi connectivity index (χ4n) is 4.23. The van der Waals surface area contributed by atoms with Gasteiger partial charge >= 0.3 is 13.5 Å². The lowest BCUT2D eigenvalue weighted by Gasteiger charge is -2.24. The quantitative estimate of drug-likeness (QED) is 0.311. The molecule has 0 saturated heterocycles. The molecule has 0 radical (unpaired) electrons. The molecule has 2 N–H and O–H groups in total. The minimum absolute atomic E-state index is 0.0920. The maximum absolute atomic E-state index is 14.3. The van der Waals surface area contributed by atoms with Crippen LogP contribution in [0.25, 0.3) is 10.4 Å². The minimum Gasteiger partial charge on any atom is -0.477 e. The van der Waals surface area contributed by atoms with Gasteiger partial charge in [0.2, 0.25) is 0 Å². The van der Waals surface area contributed by atoms with Gasteiger partial charge in [0.25, 0.3) is 0 Å². The molecule has 1 saturated carbocycles. The Hall–Kier alpha value is -2.11. The maximum Gasteiger partial charge on any atom is 0.348 e. The third kappa shape index (κ3) is 5.52. The van der Waals surface area contributed by atoms with E-state index in [0.717, 1.165) is 58.6 Å². The average molecular weight is 504 g/mol. The summed E-state index contributed by atoms with van der Waals surface area (Å²) in [5.41, 5.74) is 3.05. The van der Waals surface area contributed by atoms with E-state index >= 15 is 0 Å². The number of aromatic carboxylic acids is 1. The molecule has 1 aliphatic carbocycles. The molecule has 8 heteroatoms. The number of benzene rings is 2. The molecule has 2 aromatic carbocycles. The van der Waals surface area contributed by atoms with Crippen molar-refractivity contribution in [3.8, 4) is 10.4 Å². The highest BCUT2D eigenvalue weighted by molar-refractivity contribution is 7.68. The minimum atomic E-state index is -3.58. The highest BCUT2D eigenvalue weighted by Gasteiger charge is 2.32. The molecule has 174 valence electrons. The van der Waals surface area contributed by atoms with Crippen LogP contribution in [-0.2, 0) is 9.09 Å². The second kappa shape index (κ2) is 10.0. The summed E-state index contributed by atoms with van der Waals surface area (Å²) >= 11 is 7.13. The molecule has 0 amide bonds. The number of rotatable bonds is 8. The maximum atomic E-state index is 14.3. The Labute approximate surface area is 203 Å². The number of thiophene rings is 1. The Balaban J connectivity index is 1.72. The van der Waals surface area contributed by atoms with Crippen LogP contribution in [-0.4, -0.2) is 17.7 Å². The summed E-state index contributed by atoms with van der Waals surface area (Å²) in [4.78, 5) is 12.9. The van der Waals surface area contributed by atoms with Crippen molar-refractivity contribution in [1.29, 1.82) is 0 Å². The molecule has 0 spiro atoms. The highest BCUT2D eigenvalue weighted by atomic mass is 35.5. The topological polar surface area (TPSA) is 75.6 Å². The lowest BCUT2D eigenvalue weighted by Crippen LogP contribution is -2.20. The van der Waals surface area contributed by atoms with Crippen molar-refractivity contribution in [3.05, 3.63) is 69.6 Å². The van der Waals surface area contributed by atoms with Gasteiger partial charge in [-0.05, 0) is 68.0 Å². The van der Waals surface area contributed by atoms with Gasteiger partial charge in [0, 0.05) is 9.90 Å². The molecule has 5 nitrogen and oxygen atoms in total. The van der Waals surface area contributed by atoms with Gasteiger partial charge in [-0.25, -0.2) is 4.79 Å². The summed E-state index contributed by atoms with van der Waals surface area (Å²) in [5.74, 6) is -0.706. The Morgan fingerprint density at radius 1 is 1.15 bits per heavy atom. The summed E-state index contributed by atoms with van der Waals surface area (Å²) in [5, 5.41) is 14.1. The van der Waals surface area contributed by atoms with Crippen LogP contribution in [0.1, 0.15) is 46.5 Å². The largest absolute Gasteiger partial charge is 0.477 e. The van der Waals surface area contributed by atoms with Gasteiger partial charge in [0.1, 0.15) is 4.88 Å². The fraction of sp³-hybridized carbons (Fsp3) is 0.320. The van der Waals surface area contributed by atoms with E-state index in [4.69, 9.17) is 16.1 Å². The first-order valence-electron chi connectivity index (χ1n) is 11.0. The van der Waals surface area contributed by atoms with E-state index < -0.39 is 13.5 Å². The zero-order valence-corrected chi connectivity index (χ0v) is 21.1. The average Bonchev–Trinajstić information content (AvgIpc) is 3.43. The van der Waals surface area contributed by atoms with Crippen LogP contribution in [0.4, 0.5) is 5.69 Å². The van der Waals surface area contributed by atoms with Crippen LogP contribution in [0.5, 0.6) is 0 Å². The summed E-state index contributed by atoms with van der Waals surface area (Å²) < 4.78 is 20.4. The number of hydrogen-bond acceptors (Lipinski definition) is 4. The van der Waals surface area contributed by atoms with Gasteiger partial charge in [-0.2, -0.15) is 0 Å². The van der Waals surface area contributed by atoms with Crippen molar-refractivity contribution >= 4 is 47.4 Å². The van der Waals surface area contributed by atoms with Crippen molar-refractivity contribution in [2.45, 2.75) is 39.5 Å². The van der Waals surface area contributed by atoms with Crippen LogP contribution in [0.15, 0.2) is 48.5 Å². The number of nitrogens with one attached hydrogen (secondary N) is 1. The molecule has 1 unspecified atom stereocenters. The molecule has 1 aliphatic rings. The van der Waals surface area contributed by atoms with Gasteiger partial charge in [-0.3, -0.25) is 4.57 Å². The second-order valence-corrected chi connectivity index (χ2v) is 12.1. The van der Waals surface area contributed by atoms with Crippen molar-refractivity contribution < 1.29 is 19.0 Å². The molecule has 0 bridgehead atoms. The summed E-state index contributed by atoms with van der Waals surface area (Å²) in [7, 11) is -3.58. The number of halogens is 1. The number of anilines is 1. The van der Waals surface area contributed by atoms with E-state index in [-0.39, 0.29) is 4.88 Å². The highest BCUT2D eigenvalue weighted by Crippen LogP contribution is 2.50. The summed E-state index contributed by atoms with van der Waals surface area (Å²) in [6.07, 6.45) is 4.44. The van der Waals surface area contributed by atoms with Gasteiger partial charge in [0.15, 0.2) is 0 Å². The van der Waals surface area contributed by atoms with Crippen molar-refractivity contribution in [2.75, 3.05) is 11.7 Å². The molecule has 0 aliphatic heterocycles. The Morgan fingerprint density at radius 2 is 1.85 bits per heavy atom. The van der Waals surface area contributed by atoms with Crippen molar-refractivity contribution in [1.82, 2.24) is 0 Å². The van der Waals surface area contributed by atoms with Crippen LogP contribution >= 0.6 is 30.5 Å². The lowest BCUT2D eigenvalue weighted by atomic mass is 10.1.